The average Bonchev–Trinajstić information content (AvgIpc) is 3.51. The summed E-state index contributed by atoms with van der Waals surface area (Å²) < 4.78 is 25.5. The molecule has 1 N–H and O–H groups in total. The summed E-state index contributed by atoms with van der Waals surface area (Å²) in [7, 11) is 0. The molecule has 2 aromatic heterocycles. The molecule has 0 bridgehead atoms. The minimum atomic E-state index is -1.42. The van der Waals surface area contributed by atoms with Crippen LogP contribution in [-0.2, 0) is 23.7 Å². The largest absolute Gasteiger partial charge is 0.452 e. The van der Waals surface area contributed by atoms with Crippen LogP contribution < -0.4 is 5.32 Å². The first-order valence-corrected chi connectivity index (χ1v) is 14.7. The average molecular weight is 656 g/mol. The van der Waals surface area contributed by atoms with Crippen molar-refractivity contribution in [2.45, 2.75) is 31.5 Å². The molecule has 3 heterocycles. The van der Waals surface area contributed by atoms with E-state index in [4.69, 9.17) is 30.5 Å². The van der Waals surface area contributed by atoms with Gasteiger partial charge in [-0.3, -0.25) is 14.7 Å². The standard InChI is InChI=1S/C33H26ClN5O8/c1-19(40)36-33-37-27(34)24-28(38-33)39(18-35-24)29-26(47-32(43)22-15-9-4-10-16-22)25(46-31(42)21-13-7-3-8-14-21)23(17-44-29)45-30(41)20-11-5-2-6-12-20/h2-16,18,23,25-26,29H,17H2,1H3,(H,36,37,38,40). The first-order valence-electron chi connectivity index (χ1n) is 14.4. The maximum absolute atomic E-state index is 13.5. The predicted octanol–water partition coefficient (Wildman–Crippen LogP) is 4.64. The molecule has 4 atom stereocenters. The van der Waals surface area contributed by atoms with Gasteiger partial charge < -0.3 is 18.9 Å². The molecule has 1 fully saturated rings. The normalized spacial score (nSPS) is 19.0. The molecule has 0 aliphatic carbocycles. The van der Waals surface area contributed by atoms with E-state index in [1.807, 2.05) is 0 Å². The fraction of sp³-hybridized carbons (Fsp3) is 0.182. The summed E-state index contributed by atoms with van der Waals surface area (Å²) in [4.78, 5) is 64.7. The van der Waals surface area contributed by atoms with Gasteiger partial charge in [0.15, 0.2) is 35.3 Å². The summed E-state index contributed by atoms with van der Waals surface area (Å²) in [6, 6.07) is 24.6. The van der Waals surface area contributed by atoms with E-state index in [1.165, 1.54) is 17.8 Å². The zero-order valence-corrected chi connectivity index (χ0v) is 25.4. The number of fused-ring (bicyclic) bond motifs is 1. The Morgan fingerprint density at radius 3 is 1.81 bits per heavy atom. The Kier molecular flexibility index (Phi) is 9.18. The molecule has 14 heteroatoms. The van der Waals surface area contributed by atoms with Crippen molar-refractivity contribution in [1.29, 1.82) is 0 Å². The van der Waals surface area contributed by atoms with Gasteiger partial charge in [-0.15, -0.1) is 0 Å². The first kappa shape index (κ1) is 31.3. The molecule has 4 unspecified atom stereocenters. The lowest BCUT2D eigenvalue weighted by Crippen LogP contribution is -2.55. The van der Waals surface area contributed by atoms with E-state index in [9.17, 15) is 19.2 Å². The number of halogens is 1. The van der Waals surface area contributed by atoms with E-state index in [2.05, 4.69) is 20.3 Å². The van der Waals surface area contributed by atoms with E-state index in [0.717, 1.165) is 0 Å². The molecule has 238 valence electrons. The number of benzene rings is 3. The molecule has 1 aliphatic rings. The summed E-state index contributed by atoms with van der Waals surface area (Å²) in [5, 5.41) is 2.42. The maximum Gasteiger partial charge on any atom is 0.338 e. The minimum absolute atomic E-state index is 0.0622. The summed E-state index contributed by atoms with van der Waals surface area (Å²) >= 11 is 6.37. The van der Waals surface area contributed by atoms with Crippen LogP contribution in [-0.4, -0.2) is 68.3 Å². The minimum Gasteiger partial charge on any atom is -0.452 e. The van der Waals surface area contributed by atoms with Gasteiger partial charge in [0.05, 0.1) is 29.6 Å². The fourth-order valence-corrected chi connectivity index (χ4v) is 5.17. The molecule has 0 spiro atoms. The highest BCUT2D eigenvalue weighted by atomic mass is 35.5. The van der Waals surface area contributed by atoms with E-state index < -0.39 is 48.4 Å². The highest BCUT2D eigenvalue weighted by molar-refractivity contribution is 6.33. The summed E-state index contributed by atoms with van der Waals surface area (Å²) in [6.45, 7) is 0.997. The van der Waals surface area contributed by atoms with Gasteiger partial charge in [0.25, 0.3) is 0 Å². The van der Waals surface area contributed by atoms with Gasteiger partial charge in [-0.2, -0.15) is 9.97 Å². The number of hydrogen-bond acceptors (Lipinski definition) is 11. The molecule has 1 saturated heterocycles. The smallest absolute Gasteiger partial charge is 0.338 e. The van der Waals surface area contributed by atoms with Gasteiger partial charge in [-0.25, -0.2) is 19.4 Å². The van der Waals surface area contributed by atoms with E-state index >= 15 is 0 Å². The predicted molar refractivity (Wildman–Crippen MR) is 167 cm³/mol. The molecule has 0 saturated carbocycles. The lowest BCUT2D eigenvalue weighted by molar-refractivity contribution is -0.211. The monoisotopic (exact) mass is 655 g/mol. The summed E-state index contributed by atoms with van der Waals surface area (Å²) in [5.41, 5.74) is 0.944. The van der Waals surface area contributed by atoms with Gasteiger partial charge in [-0.1, -0.05) is 66.2 Å². The summed E-state index contributed by atoms with van der Waals surface area (Å²) in [6.07, 6.45) is -3.92. The van der Waals surface area contributed by atoms with Crippen LogP contribution in [0.15, 0.2) is 97.3 Å². The third-order valence-electron chi connectivity index (χ3n) is 7.12. The van der Waals surface area contributed by atoms with Crippen LogP contribution in [0.5, 0.6) is 0 Å². The molecule has 1 aliphatic heterocycles. The van der Waals surface area contributed by atoms with Gasteiger partial charge in [-0.05, 0) is 36.4 Å². The number of nitrogens with zero attached hydrogens (tertiary/aromatic N) is 4. The van der Waals surface area contributed by atoms with Crippen molar-refractivity contribution >= 4 is 52.5 Å². The molecule has 47 heavy (non-hydrogen) atoms. The van der Waals surface area contributed by atoms with E-state index in [1.54, 1.807) is 91.0 Å². The Hall–Kier alpha value is -5.66. The van der Waals surface area contributed by atoms with Crippen molar-refractivity contribution < 1.29 is 38.1 Å². The molecule has 6 rings (SSSR count). The van der Waals surface area contributed by atoms with Gasteiger partial charge in [0.1, 0.15) is 5.52 Å². The number of esters is 3. The Balaban J connectivity index is 1.43. The lowest BCUT2D eigenvalue weighted by Gasteiger charge is -2.41. The fourth-order valence-electron chi connectivity index (χ4n) is 4.96. The van der Waals surface area contributed by atoms with Crippen LogP contribution in [0.4, 0.5) is 5.95 Å². The maximum atomic E-state index is 13.5. The van der Waals surface area contributed by atoms with Crippen molar-refractivity contribution in [1.82, 2.24) is 19.5 Å². The Morgan fingerprint density at radius 1 is 0.766 bits per heavy atom. The number of imidazole rings is 1. The number of carbonyl (C=O) groups excluding carboxylic acids is 4. The van der Waals surface area contributed by atoms with Crippen LogP contribution in [0.2, 0.25) is 5.15 Å². The van der Waals surface area contributed by atoms with Crippen LogP contribution in [0.25, 0.3) is 11.2 Å². The SMILES string of the molecule is CC(=O)Nc1nc(Cl)c2ncn(C3OCC(OC(=O)c4ccccc4)C(OC(=O)c4ccccc4)C3OC(=O)c3ccccc3)c2n1. The molecule has 1 amide bonds. The second kappa shape index (κ2) is 13.8. The number of anilines is 1. The Bertz CT molecular complexity index is 1920. The third-order valence-corrected chi connectivity index (χ3v) is 7.38. The highest BCUT2D eigenvalue weighted by Crippen LogP contribution is 2.35. The second-order valence-electron chi connectivity index (χ2n) is 10.3. The first-order chi connectivity index (χ1) is 22.8. The van der Waals surface area contributed by atoms with E-state index in [0.29, 0.717) is 0 Å². The van der Waals surface area contributed by atoms with Crippen LogP contribution in [0, 0.1) is 0 Å². The Morgan fingerprint density at radius 2 is 1.28 bits per heavy atom. The third kappa shape index (κ3) is 6.95. The Labute approximate surface area is 272 Å². The highest BCUT2D eigenvalue weighted by Gasteiger charge is 2.49. The van der Waals surface area contributed by atoms with Crippen LogP contribution in [0.3, 0.4) is 0 Å². The van der Waals surface area contributed by atoms with Crippen molar-refractivity contribution in [3.8, 4) is 0 Å². The number of aromatic nitrogens is 4. The zero-order valence-electron chi connectivity index (χ0n) is 24.7. The quantitative estimate of drug-likeness (QED) is 0.141. The van der Waals surface area contributed by atoms with Gasteiger partial charge in [0, 0.05) is 6.92 Å². The number of ether oxygens (including phenoxy) is 4. The molecule has 3 aromatic carbocycles. The molecular weight excluding hydrogens is 630 g/mol. The molecular formula is C33H26ClN5O8. The zero-order chi connectivity index (χ0) is 32.9. The van der Waals surface area contributed by atoms with Crippen molar-refractivity contribution in [2.75, 3.05) is 11.9 Å². The number of carbonyl (C=O) groups is 4. The topological polar surface area (TPSA) is 161 Å². The van der Waals surface area contributed by atoms with Crippen molar-refractivity contribution in [3.63, 3.8) is 0 Å². The van der Waals surface area contributed by atoms with Gasteiger partial charge in [0.2, 0.25) is 11.9 Å². The van der Waals surface area contributed by atoms with Gasteiger partial charge >= 0.3 is 17.9 Å². The molecule has 13 nitrogen and oxygen atoms in total. The lowest BCUT2D eigenvalue weighted by atomic mass is 10.0. The number of rotatable bonds is 8. The number of nitrogens with one attached hydrogen (secondary N) is 1. The molecule has 5 aromatic rings. The van der Waals surface area contributed by atoms with Crippen molar-refractivity contribution in [3.05, 3.63) is 119 Å². The second-order valence-corrected chi connectivity index (χ2v) is 10.7. The van der Waals surface area contributed by atoms with Crippen LogP contribution >= 0.6 is 11.6 Å². The number of hydrogen-bond donors (Lipinski definition) is 1. The summed E-state index contributed by atoms with van der Waals surface area (Å²) in [5.74, 6) is -2.78. The van der Waals surface area contributed by atoms with E-state index in [-0.39, 0.29) is 45.6 Å². The van der Waals surface area contributed by atoms with Crippen LogP contribution in [0.1, 0.15) is 44.2 Å². The van der Waals surface area contributed by atoms with Crippen molar-refractivity contribution in [2.24, 2.45) is 0 Å². The molecule has 0 radical (unpaired) electrons. The number of amides is 1.